The summed E-state index contributed by atoms with van der Waals surface area (Å²) in [5.41, 5.74) is 1.59. The maximum Gasteiger partial charge on any atom is 0.268 e. The SMILES string of the molecule is CC1Oc2ccc(NC(=O)c3ccc(Cl)c(Cl)c3)cc2N(Cc2ccccc2F)C1=O. The number of nitrogens with zero attached hydrogens (tertiary/aromatic N) is 1. The van der Waals surface area contributed by atoms with E-state index in [0.29, 0.717) is 33.3 Å². The first kappa shape index (κ1) is 21.2. The molecule has 0 bridgehead atoms. The van der Waals surface area contributed by atoms with Crippen molar-refractivity contribution >= 4 is 46.4 Å². The van der Waals surface area contributed by atoms with Gasteiger partial charge < -0.3 is 15.0 Å². The molecule has 1 heterocycles. The molecule has 1 N–H and O–H groups in total. The average molecular weight is 459 g/mol. The second-order valence-corrected chi connectivity index (χ2v) is 7.86. The van der Waals surface area contributed by atoms with E-state index in [2.05, 4.69) is 5.32 Å². The van der Waals surface area contributed by atoms with Crippen LogP contribution < -0.4 is 15.0 Å². The highest BCUT2D eigenvalue weighted by atomic mass is 35.5. The zero-order chi connectivity index (χ0) is 22.1. The van der Waals surface area contributed by atoms with E-state index < -0.39 is 17.8 Å². The van der Waals surface area contributed by atoms with Gasteiger partial charge in [0.15, 0.2) is 6.10 Å². The molecular formula is C23H17Cl2FN2O3. The van der Waals surface area contributed by atoms with Crippen molar-refractivity contribution in [1.29, 1.82) is 0 Å². The molecule has 0 fully saturated rings. The predicted molar refractivity (Wildman–Crippen MR) is 119 cm³/mol. The number of hydrogen-bond donors (Lipinski definition) is 1. The fourth-order valence-corrected chi connectivity index (χ4v) is 3.58. The van der Waals surface area contributed by atoms with Gasteiger partial charge in [0.25, 0.3) is 11.8 Å². The molecule has 0 spiro atoms. The van der Waals surface area contributed by atoms with Crippen molar-refractivity contribution < 1.29 is 18.7 Å². The van der Waals surface area contributed by atoms with Crippen molar-refractivity contribution in [2.45, 2.75) is 19.6 Å². The highest BCUT2D eigenvalue weighted by Gasteiger charge is 2.32. The largest absolute Gasteiger partial charge is 0.479 e. The number of benzene rings is 3. The maximum atomic E-state index is 14.2. The highest BCUT2D eigenvalue weighted by Crippen LogP contribution is 2.37. The molecule has 0 aromatic heterocycles. The van der Waals surface area contributed by atoms with Gasteiger partial charge in [-0.05, 0) is 49.4 Å². The van der Waals surface area contributed by atoms with Gasteiger partial charge in [-0.25, -0.2) is 4.39 Å². The number of rotatable bonds is 4. The summed E-state index contributed by atoms with van der Waals surface area (Å²) in [4.78, 5) is 26.9. The van der Waals surface area contributed by atoms with Crippen molar-refractivity contribution in [2.75, 3.05) is 10.2 Å². The van der Waals surface area contributed by atoms with E-state index in [1.165, 1.54) is 23.1 Å². The molecule has 31 heavy (non-hydrogen) atoms. The molecule has 5 nitrogen and oxygen atoms in total. The van der Waals surface area contributed by atoms with E-state index in [1.54, 1.807) is 49.4 Å². The highest BCUT2D eigenvalue weighted by molar-refractivity contribution is 6.42. The Hall–Kier alpha value is -3.09. The molecule has 0 saturated heterocycles. The van der Waals surface area contributed by atoms with Crippen LogP contribution >= 0.6 is 23.2 Å². The number of nitrogens with one attached hydrogen (secondary N) is 1. The van der Waals surface area contributed by atoms with E-state index in [9.17, 15) is 14.0 Å². The van der Waals surface area contributed by atoms with Crippen LogP contribution in [0.1, 0.15) is 22.8 Å². The molecule has 0 radical (unpaired) electrons. The number of carbonyl (C=O) groups is 2. The molecule has 0 aliphatic carbocycles. The first-order valence-electron chi connectivity index (χ1n) is 9.45. The van der Waals surface area contributed by atoms with Gasteiger partial charge in [-0.3, -0.25) is 9.59 Å². The normalized spacial score (nSPS) is 15.3. The Balaban J connectivity index is 1.64. The monoisotopic (exact) mass is 458 g/mol. The van der Waals surface area contributed by atoms with Crippen molar-refractivity contribution in [2.24, 2.45) is 0 Å². The van der Waals surface area contributed by atoms with Crippen molar-refractivity contribution in [1.82, 2.24) is 0 Å². The third kappa shape index (κ3) is 4.36. The summed E-state index contributed by atoms with van der Waals surface area (Å²) in [5.74, 6) is -0.629. The third-order valence-electron chi connectivity index (χ3n) is 4.89. The van der Waals surface area contributed by atoms with Gasteiger partial charge in [-0.15, -0.1) is 0 Å². The van der Waals surface area contributed by atoms with E-state index in [1.807, 2.05) is 0 Å². The van der Waals surface area contributed by atoms with Crippen LogP contribution in [0.2, 0.25) is 10.0 Å². The summed E-state index contributed by atoms with van der Waals surface area (Å²) >= 11 is 11.9. The lowest BCUT2D eigenvalue weighted by Crippen LogP contribution is -2.44. The van der Waals surface area contributed by atoms with Gasteiger partial charge in [0.05, 0.1) is 22.3 Å². The van der Waals surface area contributed by atoms with Gasteiger partial charge in [-0.2, -0.15) is 0 Å². The maximum absolute atomic E-state index is 14.2. The second kappa shape index (κ2) is 8.57. The summed E-state index contributed by atoms with van der Waals surface area (Å²) in [6.07, 6.45) is -0.712. The third-order valence-corrected chi connectivity index (χ3v) is 5.63. The molecule has 3 aromatic rings. The number of ether oxygens (including phenoxy) is 1. The van der Waals surface area contributed by atoms with E-state index in [0.717, 1.165) is 0 Å². The van der Waals surface area contributed by atoms with Crippen LogP contribution in [0, 0.1) is 5.82 Å². The Morgan fingerprint density at radius 1 is 1.10 bits per heavy atom. The summed E-state index contributed by atoms with van der Waals surface area (Å²) in [6.45, 7) is 1.68. The Labute approximate surface area is 188 Å². The number of amides is 2. The Morgan fingerprint density at radius 2 is 1.87 bits per heavy atom. The number of anilines is 2. The topological polar surface area (TPSA) is 58.6 Å². The van der Waals surface area contributed by atoms with Crippen LogP contribution in [-0.4, -0.2) is 17.9 Å². The Kier molecular flexibility index (Phi) is 5.85. The molecule has 0 saturated carbocycles. The minimum Gasteiger partial charge on any atom is -0.479 e. The number of hydrogen-bond acceptors (Lipinski definition) is 3. The molecule has 2 amide bonds. The minimum atomic E-state index is -0.712. The molecule has 4 rings (SSSR count). The van der Waals surface area contributed by atoms with Crippen molar-refractivity contribution in [3.63, 3.8) is 0 Å². The van der Waals surface area contributed by atoms with Gasteiger partial charge >= 0.3 is 0 Å². The lowest BCUT2D eigenvalue weighted by molar-refractivity contribution is -0.125. The lowest BCUT2D eigenvalue weighted by atomic mass is 10.1. The number of carbonyl (C=O) groups excluding carboxylic acids is 2. The van der Waals surface area contributed by atoms with Gasteiger partial charge in [0.2, 0.25) is 0 Å². The summed E-state index contributed by atoms with van der Waals surface area (Å²) in [5, 5.41) is 3.38. The van der Waals surface area contributed by atoms with E-state index in [-0.39, 0.29) is 17.5 Å². The smallest absolute Gasteiger partial charge is 0.268 e. The molecule has 158 valence electrons. The Bertz CT molecular complexity index is 1190. The zero-order valence-corrected chi connectivity index (χ0v) is 17.9. The molecular weight excluding hydrogens is 442 g/mol. The first-order chi connectivity index (χ1) is 14.8. The van der Waals surface area contributed by atoms with Crippen molar-refractivity contribution in [3.05, 3.63) is 87.7 Å². The summed E-state index contributed by atoms with van der Waals surface area (Å²) < 4.78 is 19.9. The standard InChI is InChI=1S/C23H17Cl2FN2O3/c1-13-23(30)28(12-15-4-2-3-5-19(15)26)20-11-16(7-9-21(20)31-13)27-22(29)14-6-8-17(24)18(25)10-14/h2-11,13H,12H2,1H3,(H,27,29). The fourth-order valence-electron chi connectivity index (χ4n) is 3.29. The second-order valence-electron chi connectivity index (χ2n) is 7.04. The predicted octanol–water partition coefficient (Wildman–Crippen LogP) is 5.70. The zero-order valence-electron chi connectivity index (χ0n) is 16.4. The van der Waals surface area contributed by atoms with Gasteiger partial charge in [0.1, 0.15) is 11.6 Å². The molecule has 1 aliphatic rings. The Morgan fingerprint density at radius 3 is 2.61 bits per heavy atom. The fraction of sp³-hybridized carbons (Fsp3) is 0.130. The van der Waals surface area contributed by atoms with Crippen LogP contribution in [0.4, 0.5) is 15.8 Å². The van der Waals surface area contributed by atoms with Gasteiger partial charge in [0, 0.05) is 16.8 Å². The van der Waals surface area contributed by atoms with Gasteiger partial charge in [-0.1, -0.05) is 41.4 Å². The molecule has 1 atom stereocenters. The molecule has 1 unspecified atom stereocenters. The average Bonchev–Trinajstić information content (AvgIpc) is 2.75. The summed E-state index contributed by atoms with van der Waals surface area (Å²) in [6, 6.07) is 15.8. The molecule has 3 aromatic carbocycles. The van der Waals surface area contributed by atoms with E-state index >= 15 is 0 Å². The van der Waals surface area contributed by atoms with Crippen LogP contribution in [0.5, 0.6) is 5.75 Å². The van der Waals surface area contributed by atoms with Crippen LogP contribution in [0.15, 0.2) is 60.7 Å². The lowest BCUT2D eigenvalue weighted by Gasteiger charge is -2.33. The van der Waals surface area contributed by atoms with Crippen LogP contribution in [0.3, 0.4) is 0 Å². The van der Waals surface area contributed by atoms with E-state index in [4.69, 9.17) is 27.9 Å². The quantitative estimate of drug-likeness (QED) is 0.545. The number of fused-ring (bicyclic) bond motifs is 1. The first-order valence-corrected chi connectivity index (χ1v) is 10.2. The minimum absolute atomic E-state index is 0.0381. The van der Waals surface area contributed by atoms with Crippen LogP contribution in [0.25, 0.3) is 0 Å². The van der Waals surface area contributed by atoms with Crippen LogP contribution in [-0.2, 0) is 11.3 Å². The molecule has 1 aliphatic heterocycles. The van der Waals surface area contributed by atoms with Crippen molar-refractivity contribution in [3.8, 4) is 5.75 Å². The summed E-state index contributed by atoms with van der Waals surface area (Å²) in [7, 11) is 0. The molecule has 8 heteroatoms. The number of halogens is 3.